The molecule has 2 rings (SSSR count). The summed E-state index contributed by atoms with van der Waals surface area (Å²) in [5.41, 5.74) is 1.41. The minimum Gasteiger partial charge on any atom is -0.447 e. The van der Waals surface area contributed by atoms with Gasteiger partial charge in [-0.3, -0.25) is 4.74 Å². The number of nitrogens with one attached hydrogen (secondary N) is 1. The van der Waals surface area contributed by atoms with Gasteiger partial charge < -0.3 is 4.74 Å². The first-order chi connectivity index (χ1) is 11.7. The Morgan fingerprint density at radius 1 is 1.40 bits per heavy atom. The number of nitrogens with zero attached hydrogens (tertiary/aromatic N) is 3. The van der Waals surface area contributed by atoms with Crippen LogP contribution in [-0.4, -0.2) is 41.9 Å². The van der Waals surface area contributed by atoms with Crippen LogP contribution in [0.15, 0.2) is 40.6 Å². The van der Waals surface area contributed by atoms with E-state index in [1.165, 1.54) is 7.05 Å². The molecule has 7 nitrogen and oxygen atoms in total. The van der Waals surface area contributed by atoms with Crippen molar-refractivity contribution in [3.63, 3.8) is 0 Å². The van der Waals surface area contributed by atoms with E-state index in [-0.39, 0.29) is 6.61 Å². The number of halogens is 4. The van der Waals surface area contributed by atoms with E-state index in [9.17, 15) is 13.6 Å². The molecular weight excluding hydrogens is 381 g/mol. The number of carbonyl (C=O) groups is 1. The van der Waals surface area contributed by atoms with Crippen molar-refractivity contribution in [2.45, 2.75) is 29.8 Å². The van der Waals surface area contributed by atoms with Crippen LogP contribution in [-0.2, 0) is 15.1 Å². The molecule has 138 valence electrons. The molecule has 1 saturated heterocycles. The molecule has 0 spiro atoms. The highest BCUT2D eigenvalue weighted by Crippen LogP contribution is 2.51. The average Bonchev–Trinajstić information content (AvgIpc) is 2.74. The predicted octanol–water partition coefficient (Wildman–Crippen LogP) is 3.64. The van der Waals surface area contributed by atoms with E-state index in [1.54, 1.807) is 37.3 Å². The van der Waals surface area contributed by atoms with Crippen molar-refractivity contribution in [2.75, 3.05) is 13.7 Å². The van der Waals surface area contributed by atoms with Crippen LogP contribution in [0, 0.1) is 0 Å². The molecule has 1 fully saturated rings. The van der Waals surface area contributed by atoms with Gasteiger partial charge in [-0.2, -0.15) is 13.9 Å². The van der Waals surface area contributed by atoms with Crippen LogP contribution in [0.3, 0.4) is 0 Å². The second-order valence-electron chi connectivity index (χ2n) is 5.07. The van der Waals surface area contributed by atoms with E-state index in [1.807, 2.05) is 0 Å². The Bertz CT molecular complexity index is 636. The normalized spacial score (nSPS) is 26.4. The summed E-state index contributed by atoms with van der Waals surface area (Å²) in [6, 6.07) is 8.29. The van der Waals surface area contributed by atoms with E-state index in [0.717, 1.165) is 5.01 Å². The molecule has 0 aliphatic carbocycles. The van der Waals surface area contributed by atoms with Crippen LogP contribution in [0.1, 0.15) is 12.5 Å². The Hall–Kier alpha value is -1.39. The van der Waals surface area contributed by atoms with Gasteiger partial charge in [0.15, 0.2) is 6.23 Å². The number of hydrogen-bond donors (Lipinski definition) is 1. The van der Waals surface area contributed by atoms with Crippen molar-refractivity contribution in [2.24, 2.45) is 10.2 Å². The quantitative estimate of drug-likeness (QED) is 0.607. The monoisotopic (exact) mass is 396 g/mol. The van der Waals surface area contributed by atoms with Crippen LogP contribution in [0.4, 0.5) is 13.6 Å². The van der Waals surface area contributed by atoms with Crippen LogP contribution in [0.2, 0.25) is 0 Å². The molecule has 25 heavy (non-hydrogen) atoms. The molecule has 1 heterocycles. The first kappa shape index (κ1) is 19.9. The SMILES string of the molecule is CCOC(=O)N=NC1(c2ccccc2)NN(C)C(OC(F)F)C1(Cl)Cl. The van der Waals surface area contributed by atoms with Gasteiger partial charge in [-0.05, 0) is 6.92 Å². The number of carbonyl (C=O) groups excluding carboxylic acids is 1. The fourth-order valence-electron chi connectivity index (χ4n) is 2.44. The van der Waals surface area contributed by atoms with E-state index in [0.29, 0.717) is 5.56 Å². The zero-order valence-corrected chi connectivity index (χ0v) is 14.8. The van der Waals surface area contributed by atoms with Gasteiger partial charge >= 0.3 is 12.7 Å². The summed E-state index contributed by atoms with van der Waals surface area (Å²) in [5.74, 6) is 0. The summed E-state index contributed by atoms with van der Waals surface area (Å²) in [6.45, 7) is -1.44. The molecule has 2 atom stereocenters. The van der Waals surface area contributed by atoms with E-state index in [4.69, 9.17) is 27.9 Å². The molecule has 1 aliphatic rings. The first-order valence-corrected chi connectivity index (χ1v) is 7.97. The Balaban J connectivity index is 2.51. The maximum atomic E-state index is 12.7. The summed E-state index contributed by atoms with van der Waals surface area (Å²) >= 11 is 12.8. The summed E-state index contributed by atoms with van der Waals surface area (Å²) in [7, 11) is 1.40. The topological polar surface area (TPSA) is 75.5 Å². The number of hydrogen-bond acceptors (Lipinski definition) is 6. The van der Waals surface area contributed by atoms with Crippen LogP contribution in [0.5, 0.6) is 0 Å². The Kier molecular flexibility index (Phi) is 6.28. The molecule has 2 unspecified atom stereocenters. The van der Waals surface area contributed by atoms with Gasteiger partial charge in [0.05, 0.1) is 6.61 Å². The highest BCUT2D eigenvalue weighted by Gasteiger charge is 2.65. The van der Waals surface area contributed by atoms with Crippen LogP contribution >= 0.6 is 23.2 Å². The lowest BCUT2D eigenvalue weighted by molar-refractivity contribution is -0.197. The maximum Gasteiger partial charge on any atom is 0.452 e. The highest BCUT2D eigenvalue weighted by molar-refractivity contribution is 6.50. The third-order valence-electron chi connectivity index (χ3n) is 3.46. The summed E-state index contributed by atoms with van der Waals surface area (Å²) in [5, 5.41) is 8.51. The second kappa shape index (κ2) is 7.88. The van der Waals surface area contributed by atoms with E-state index >= 15 is 0 Å². The van der Waals surface area contributed by atoms with E-state index in [2.05, 4.69) is 20.4 Å². The molecule has 0 saturated carbocycles. The number of hydrazine groups is 1. The van der Waals surface area contributed by atoms with Gasteiger partial charge in [0, 0.05) is 12.6 Å². The lowest BCUT2D eigenvalue weighted by atomic mass is 9.97. The van der Waals surface area contributed by atoms with Crippen molar-refractivity contribution < 1.29 is 23.0 Å². The number of ether oxygens (including phenoxy) is 2. The molecule has 0 bridgehead atoms. The van der Waals surface area contributed by atoms with Crippen molar-refractivity contribution in [1.29, 1.82) is 0 Å². The standard InChI is InChI=1S/C14H16Cl2F2N4O3/c1-3-24-12(23)19-20-14(9-7-5-4-6-8-9)13(15,16)10(22(2)21-14)25-11(17)18/h4-8,10-11,21H,3H2,1-2H3. The van der Waals surface area contributed by atoms with Crippen LogP contribution < -0.4 is 5.43 Å². The van der Waals surface area contributed by atoms with Crippen LogP contribution in [0.25, 0.3) is 0 Å². The van der Waals surface area contributed by atoms with Gasteiger partial charge in [0.25, 0.3) is 0 Å². The summed E-state index contributed by atoms with van der Waals surface area (Å²) in [4.78, 5) is 11.6. The molecule has 11 heteroatoms. The largest absolute Gasteiger partial charge is 0.452 e. The zero-order chi connectivity index (χ0) is 18.7. The van der Waals surface area contributed by atoms with Gasteiger partial charge in [0.2, 0.25) is 10.00 Å². The molecule has 1 aliphatic heterocycles. The van der Waals surface area contributed by atoms with Gasteiger partial charge in [-0.15, -0.1) is 0 Å². The fraction of sp³-hybridized carbons (Fsp3) is 0.500. The number of benzene rings is 1. The highest BCUT2D eigenvalue weighted by atomic mass is 35.5. The van der Waals surface area contributed by atoms with Crippen molar-refractivity contribution >= 4 is 29.3 Å². The predicted molar refractivity (Wildman–Crippen MR) is 86.2 cm³/mol. The zero-order valence-electron chi connectivity index (χ0n) is 13.3. The minimum atomic E-state index is -3.13. The lowest BCUT2D eigenvalue weighted by Gasteiger charge is -2.33. The number of azo groups is 1. The van der Waals surface area contributed by atoms with Gasteiger partial charge in [-0.1, -0.05) is 58.6 Å². The molecule has 1 N–H and O–H groups in total. The molecule has 0 aromatic heterocycles. The molecule has 0 radical (unpaired) electrons. The lowest BCUT2D eigenvalue weighted by Crippen LogP contribution is -2.49. The second-order valence-corrected chi connectivity index (χ2v) is 6.46. The number of alkyl halides is 4. The summed E-state index contributed by atoms with van der Waals surface area (Å²) in [6.07, 6.45) is -2.44. The Morgan fingerprint density at radius 2 is 2.04 bits per heavy atom. The minimum absolute atomic E-state index is 0.0908. The van der Waals surface area contributed by atoms with Crippen molar-refractivity contribution in [1.82, 2.24) is 10.4 Å². The molecule has 1 aromatic rings. The van der Waals surface area contributed by atoms with Crippen molar-refractivity contribution in [3.8, 4) is 0 Å². The molecule has 1 aromatic carbocycles. The first-order valence-electron chi connectivity index (χ1n) is 7.22. The number of rotatable bonds is 5. The van der Waals surface area contributed by atoms with Crippen molar-refractivity contribution in [3.05, 3.63) is 35.9 Å². The Morgan fingerprint density at radius 3 is 2.60 bits per heavy atom. The average molecular weight is 397 g/mol. The Labute approximate surface area is 152 Å². The van der Waals surface area contributed by atoms with E-state index < -0.39 is 28.9 Å². The third-order valence-corrected chi connectivity index (χ3v) is 4.38. The smallest absolute Gasteiger partial charge is 0.447 e. The molecule has 1 amide bonds. The fourth-order valence-corrected chi connectivity index (χ4v) is 3.21. The van der Waals surface area contributed by atoms with Gasteiger partial charge in [0.1, 0.15) is 0 Å². The summed E-state index contributed by atoms with van der Waals surface area (Å²) < 4.78 is 32.7. The molecular formula is C14H16Cl2F2N4O3. The van der Waals surface area contributed by atoms with Gasteiger partial charge in [-0.25, -0.2) is 15.2 Å². The maximum absolute atomic E-state index is 12.7. The third kappa shape index (κ3) is 3.90. The number of amides is 1.